The Morgan fingerprint density at radius 3 is 2.42 bits per heavy atom. The summed E-state index contributed by atoms with van der Waals surface area (Å²) >= 11 is 3.21. The van der Waals surface area contributed by atoms with Gasteiger partial charge in [0, 0.05) is 10.5 Å². The number of rotatable bonds is 2. The fraction of sp³-hybridized carbons (Fsp3) is 0.0833. The zero-order valence-electron chi connectivity index (χ0n) is 9.21. The van der Waals surface area contributed by atoms with E-state index in [9.17, 15) is 17.6 Å². The van der Waals surface area contributed by atoms with E-state index in [1.165, 1.54) is 0 Å². The Labute approximate surface area is 114 Å². The van der Waals surface area contributed by atoms with Crippen LogP contribution in [0.1, 0.15) is 5.69 Å². The number of hydrogen-bond acceptors (Lipinski definition) is 2. The van der Waals surface area contributed by atoms with Crippen molar-refractivity contribution in [1.82, 2.24) is 4.98 Å². The van der Waals surface area contributed by atoms with Crippen molar-refractivity contribution >= 4 is 15.9 Å². The third kappa shape index (κ3) is 3.44. The maximum absolute atomic E-state index is 13.3. The van der Waals surface area contributed by atoms with Gasteiger partial charge in [0.15, 0.2) is 11.5 Å². The quantitative estimate of drug-likeness (QED) is 0.736. The van der Waals surface area contributed by atoms with E-state index in [0.717, 1.165) is 10.7 Å². The molecule has 0 atom stereocenters. The largest absolute Gasteiger partial charge is 0.456 e. The zero-order chi connectivity index (χ0) is 14.0. The minimum absolute atomic E-state index is 0.108. The lowest BCUT2D eigenvalue weighted by Crippen LogP contribution is -2.10. The lowest BCUT2D eigenvalue weighted by atomic mass is 10.3. The van der Waals surface area contributed by atoms with Crippen LogP contribution in [-0.4, -0.2) is 4.98 Å². The molecule has 1 heterocycles. The third-order valence-corrected chi connectivity index (χ3v) is 2.61. The molecule has 0 bridgehead atoms. The van der Waals surface area contributed by atoms with Gasteiger partial charge in [-0.15, -0.1) is 0 Å². The van der Waals surface area contributed by atoms with Gasteiger partial charge in [0.2, 0.25) is 0 Å². The van der Waals surface area contributed by atoms with E-state index in [4.69, 9.17) is 4.74 Å². The first-order valence-corrected chi connectivity index (χ1v) is 5.82. The van der Waals surface area contributed by atoms with Crippen LogP contribution in [0.3, 0.4) is 0 Å². The summed E-state index contributed by atoms with van der Waals surface area (Å²) < 4.78 is 56.1. The van der Waals surface area contributed by atoms with E-state index in [-0.39, 0.29) is 5.75 Å². The predicted octanol–water partition coefficient (Wildman–Crippen LogP) is 4.79. The molecule has 0 radical (unpaired) electrons. The molecule has 0 aliphatic heterocycles. The van der Waals surface area contributed by atoms with Crippen molar-refractivity contribution in [2.45, 2.75) is 6.18 Å². The van der Waals surface area contributed by atoms with E-state index in [0.29, 0.717) is 11.8 Å². The number of pyridine rings is 1. The monoisotopic (exact) mass is 335 g/mol. The van der Waals surface area contributed by atoms with Gasteiger partial charge < -0.3 is 4.74 Å². The zero-order valence-corrected chi connectivity index (χ0v) is 10.8. The van der Waals surface area contributed by atoms with Gasteiger partial charge in [-0.3, -0.25) is 0 Å². The normalized spacial score (nSPS) is 11.4. The van der Waals surface area contributed by atoms with Gasteiger partial charge in [0.25, 0.3) is 0 Å². The van der Waals surface area contributed by atoms with Crippen molar-refractivity contribution in [3.05, 3.63) is 52.5 Å². The molecule has 0 aliphatic rings. The van der Waals surface area contributed by atoms with Gasteiger partial charge in [-0.1, -0.05) is 22.0 Å². The summed E-state index contributed by atoms with van der Waals surface area (Å²) in [5, 5.41) is 0. The second-order valence-corrected chi connectivity index (χ2v) is 4.47. The first-order valence-electron chi connectivity index (χ1n) is 5.02. The maximum atomic E-state index is 13.3. The highest BCUT2D eigenvalue weighted by Crippen LogP contribution is 2.32. The summed E-state index contributed by atoms with van der Waals surface area (Å²) in [6.07, 6.45) is -3.99. The highest BCUT2D eigenvalue weighted by atomic mass is 79.9. The van der Waals surface area contributed by atoms with Gasteiger partial charge in [0.05, 0.1) is 6.20 Å². The topological polar surface area (TPSA) is 22.1 Å². The Morgan fingerprint density at radius 1 is 1.11 bits per heavy atom. The Kier molecular flexibility index (Phi) is 3.75. The Morgan fingerprint density at radius 2 is 1.84 bits per heavy atom. The fourth-order valence-electron chi connectivity index (χ4n) is 1.35. The maximum Gasteiger partial charge on any atom is 0.436 e. The van der Waals surface area contributed by atoms with E-state index >= 15 is 0 Å². The third-order valence-electron chi connectivity index (χ3n) is 2.12. The van der Waals surface area contributed by atoms with E-state index in [2.05, 4.69) is 20.9 Å². The molecule has 0 unspecified atom stereocenters. The molecular formula is C12H6BrF4NO. The predicted molar refractivity (Wildman–Crippen MR) is 63.4 cm³/mol. The number of ether oxygens (including phenoxy) is 1. The molecule has 1 aromatic carbocycles. The molecule has 2 rings (SSSR count). The molecule has 0 aliphatic carbocycles. The average Bonchev–Trinajstić information content (AvgIpc) is 2.27. The molecule has 2 aromatic rings. The molecule has 0 spiro atoms. The summed E-state index contributed by atoms with van der Waals surface area (Å²) in [6.45, 7) is 0. The van der Waals surface area contributed by atoms with Crippen molar-refractivity contribution < 1.29 is 22.3 Å². The lowest BCUT2D eigenvalue weighted by Gasteiger charge is -2.09. The molecule has 2 nitrogen and oxygen atoms in total. The minimum atomic E-state index is -4.82. The van der Waals surface area contributed by atoms with E-state index in [1.807, 2.05) is 0 Å². The Balaban J connectivity index is 2.26. The highest BCUT2D eigenvalue weighted by molar-refractivity contribution is 9.10. The SMILES string of the molecule is Fc1cc(Oc2cccc(Br)c2)cnc1C(F)(F)F. The molecule has 0 saturated carbocycles. The van der Waals surface area contributed by atoms with Gasteiger partial charge >= 0.3 is 6.18 Å². The smallest absolute Gasteiger partial charge is 0.436 e. The second-order valence-electron chi connectivity index (χ2n) is 3.56. The number of nitrogens with zero attached hydrogens (tertiary/aromatic N) is 1. The standard InChI is InChI=1S/C12H6BrF4NO/c13-7-2-1-3-8(4-7)19-9-5-10(14)11(18-6-9)12(15,16)17/h1-6H. The van der Waals surface area contributed by atoms with Crippen LogP contribution in [0.4, 0.5) is 17.6 Å². The number of hydrogen-bond donors (Lipinski definition) is 0. The lowest BCUT2D eigenvalue weighted by molar-refractivity contribution is -0.143. The second kappa shape index (κ2) is 5.16. The van der Waals surface area contributed by atoms with Gasteiger partial charge in [-0.05, 0) is 18.2 Å². The summed E-state index contributed by atoms with van der Waals surface area (Å²) in [6, 6.07) is 7.25. The van der Waals surface area contributed by atoms with Crippen LogP contribution < -0.4 is 4.74 Å². The molecule has 1 aromatic heterocycles. The highest BCUT2D eigenvalue weighted by Gasteiger charge is 2.36. The van der Waals surface area contributed by atoms with Crippen molar-refractivity contribution in [2.24, 2.45) is 0 Å². The van der Waals surface area contributed by atoms with Crippen molar-refractivity contribution in [3.8, 4) is 11.5 Å². The Hall–Kier alpha value is -1.63. The molecular weight excluding hydrogens is 330 g/mol. The number of alkyl halides is 3. The van der Waals surface area contributed by atoms with Crippen LogP contribution in [0.5, 0.6) is 11.5 Å². The molecule has 100 valence electrons. The fourth-order valence-corrected chi connectivity index (χ4v) is 1.73. The molecule has 0 saturated heterocycles. The van der Waals surface area contributed by atoms with Gasteiger partial charge in [-0.2, -0.15) is 13.2 Å². The molecule has 7 heteroatoms. The van der Waals surface area contributed by atoms with Crippen molar-refractivity contribution in [1.29, 1.82) is 0 Å². The van der Waals surface area contributed by atoms with Crippen LogP contribution in [0, 0.1) is 5.82 Å². The summed E-state index contributed by atoms with van der Waals surface area (Å²) in [7, 11) is 0. The van der Waals surface area contributed by atoms with Crippen LogP contribution in [0.25, 0.3) is 0 Å². The van der Waals surface area contributed by atoms with Crippen LogP contribution in [-0.2, 0) is 6.18 Å². The van der Waals surface area contributed by atoms with Crippen molar-refractivity contribution in [2.75, 3.05) is 0 Å². The summed E-state index contributed by atoms with van der Waals surface area (Å²) in [4.78, 5) is 3.03. The van der Waals surface area contributed by atoms with Gasteiger partial charge in [-0.25, -0.2) is 9.37 Å². The number of benzene rings is 1. The summed E-state index contributed by atoms with van der Waals surface area (Å²) in [5.41, 5.74) is -1.56. The first kappa shape index (κ1) is 13.8. The first-order chi connectivity index (χ1) is 8.86. The van der Waals surface area contributed by atoms with Crippen LogP contribution in [0.15, 0.2) is 41.0 Å². The van der Waals surface area contributed by atoms with E-state index in [1.54, 1.807) is 24.3 Å². The Bertz CT molecular complexity index is 601. The molecule has 0 amide bonds. The van der Waals surface area contributed by atoms with E-state index < -0.39 is 17.7 Å². The van der Waals surface area contributed by atoms with Gasteiger partial charge in [0.1, 0.15) is 11.5 Å². The average molecular weight is 336 g/mol. The molecule has 0 N–H and O–H groups in total. The number of halogens is 5. The number of aromatic nitrogens is 1. The molecule has 0 fully saturated rings. The minimum Gasteiger partial charge on any atom is -0.456 e. The summed E-state index contributed by atoms with van der Waals surface area (Å²) in [5.74, 6) is -1.22. The van der Waals surface area contributed by atoms with Crippen LogP contribution in [0.2, 0.25) is 0 Å². The van der Waals surface area contributed by atoms with Crippen molar-refractivity contribution in [3.63, 3.8) is 0 Å². The van der Waals surface area contributed by atoms with Crippen LogP contribution >= 0.6 is 15.9 Å². The molecule has 19 heavy (non-hydrogen) atoms.